The summed E-state index contributed by atoms with van der Waals surface area (Å²) in [6.07, 6.45) is 4.88. The summed E-state index contributed by atoms with van der Waals surface area (Å²) < 4.78 is 0. The molecule has 1 aliphatic heterocycles. The van der Waals surface area contributed by atoms with Crippen LogP contribution in [0.5, 0.6) is 0 Å². The van der Waals surface area contributed by atoms with Crippen LogP contribution < -0.4 is 0 Å². The second-order valence-electron chi connectivity index (χ2n) is 4.77. The van der Waals surface area contributed by atoms with Crippen LogP contribution in [0.3, 0.4) is 0 Å². The first-order valence-corrected chi connectivity index (χ1v) is 6.96. The molecule has 0 saturated heterocycles. The minimum absolute atomic E-state index is 0.0185. The number of rotatable bonds is 1. The van der Waals surface area contributed by atoms with Crippen LogP contribution in [-0.2, 0) is 0 Å². The van der Waals surface area contributed by atoms with Crippen LogP contribution in [0, 0.1) is 0 Å². The van der Waals surface area contributed by atoms with Crippen molar-refractivity contribution in [3.8, 4) is 0 Å². The highest BCUT2D eigenvalue weighted by Crippen LogP contribution is 2.31. The highest BCUT2D eigenvalue weighted by atomic mass is 35.5. The van der Waals surface area contributed by atoms with Gasteiger partial charge in [-0.2, -0.15) is 0 Å². The van der Waals surface area contributed by atoms with E-state index in [4.69, 9.17) is 23.2 Å². The molecule has 1 fully saturated rings. The summed E-state index contributed by atoms with van der Waals surface area (Å²) in [5, 5.41) is -0.0980. The lowest BCUT2D eigenvalue weighted by molar-refractivity contribution is 0.0545. The summed E-state index contributed by atoms with van der Waals surface area (Å²) in [4.78, 5) is 33.6. The van der Waals surface area contributed by atoms with E-state index < -0.39 is 11.8 Å². The van der Waals surface area contributed by atoms with E-state index in [2.05, 4.69) is 9.97 Å². The summed E-state index contributed by atoms with van der Waals surface area (Å²) >= 11 is 11.5. The predicted molar refractivity (Wildman–Crippen MR) is 69.4 cm³/mol. The van der Waals surface area contributed by atoms with Crippen LogP contribution >= 0.6 is 23.2 Å². The molecule has 1 saturated carbocycles. The van der Waals surface area contributed by atoms with Gasteiger partial charge in [-0.1, -0.05) is 42.5 Å². The van der Waals surface area contributed by atoms with Crippen molar-refractivity contribution >= 4 is 35.0 Å². The van der Waals surface area contributed by atoms with Gasteiger partial charge in [0, 0.05) is 6.04 Å². The van der Waals surface area contributed by atoms with Gasteiger partial charge in [0.15, 0.2) is 21.7 Å². The van der Waals surface area contributed by atoms with Gasteiger partial charge in [-0.05, 0) is 12.8 Å². The van der Waals surface area contributed by atoms with Crippen molar-refractivity contribution in [3.05, 3.63) is 21.7 Å². The number of halogens is 2. The third-order valence-electron chi connectivity index (χ3n) is 3.60. The van der Waals surface area contributed by atoms with E-state index in [1.807, 2.05) is 0 Å². The number of aromatic nitrogens is 2. The molecule has 19 heavy (non-hydrogen) atoms. The van der Waals surface area contributed by atoms with Crippen LogP contribution in [0.25, 0.3) is 0 Å². The van der Waals surface area contributed by atoms with Gasteiger partial charge in [-0.15, -0.1) is 0 Å². The number of amides is 2. The SMILES string of the molecule is O=C1c2nc(Cl)c(Cl)nc2C(=O)N1C1CCCCC1. The minimum Gasteiger partial charge on any atom is -0.268 e. The number of nitrogens with zero attached hydrogens (tertiary/aromatic N) is 3. The van der Waals surface area contributed by atoms with E-state index in [0.29, 0.717) is 0 Å². The first-order chi connectivity index (χ1) is 9.09. The molecule has 3 rings (SSSR count). The summed E-state index contributed by atoms with van der Waals surface area (Å²) in [6, 6.07) is -0.0534. The Morgan fingerprint density at radius 3 is 1.84 bits per heavy atom. The Labute approximate surface area is 119 Å². The monoisotopic (exact) mass is 299 g/mol. The lowest BCUT2D eigenvalue weighted by Crippen LogP contribution is -2.41. The Bertz CT molecular complexity index is 529. The molecule has 7 heteroatoms. The van der Waals surface area contributed by atoms with Crippen molar-refractivity contribution in [1.29, 1.82) is 0 Å². The second kappa shape index (κ2) is 4.72. The maximum atomic E-state index is 12.3. The van der Waals surface area contributed by atoms with Crippen LogP contribution in [0.2, 0.25) is 10.3 Å². The summed E-state index contributed by atoms with van der Waals surface area (Å²) in [5.74, 6) is -0.809. The van der Waals surface area contributed by atoms with E-state index in [-0.39, 0.29) is 27.7 Å². The van der Waals surface area contributed by atoms with Gasteiger partial charge in [-0.3, -0.25) is 14.5 Å². The zero-order valence-electron chi connectivity index (χ0n) is 10.0. The Morgan fingerprint density at radius 2 is 1.37 bits per heavy atom. The number of imide groups is 1. The molecule has 0 bridgehead atoms. The van der Waals surface area contributed by atoms with Gasteiger partial charge in [0.1, 0.15) is 0 Å². The molecule has 2 heterocycles. The Morgan fingerprint density at radius 1 is 0.895 bits per heavy atom. The van der Waals surface area contributed by atoms with E-state index >= 15 is 0 Å². The molecular formula is C12H11Cl2N3O2. The van der Waals surface area contributed by atoms with Crippen LogP contribution in [0.15, 0.2) is 0 Å². The van der Waals surface area contributed by atoms with Crippen molar-refractivity contribution in [1.82, 2.24) is 14.9 Å². The third kappa shape index (κ3) is 2.01. The quantitative estimate of drug-likeness (QED) is 0.748. The predicted octanol–water partition coefficient (Wildman–Crippen LogP) is 2.71. The molecule has 1 aromatic rings. The molecule has 0 atom stereocenters. The molecule has 0 N–H and O–H groups in total. The lowest BCUT2D eigenvalue weighted by atomic mass is 9.94. The first kappa shape index (κ1) is 12.8. The molecule has 1 aliphatic carbocycles. The maximum Gasteiger partial charge on any atom is 0.282 e. The number of hydrogen-bond acceptors (Lipinski definition) is 4. The molecule has 1 aromatic heterocycles. The smallest absolute Gasteiger partial charge is 0.268 e. The van der Waals surface area contributed by atoms with Crippen molar-refractivity contribution in [3.63, 3.8) is 0 Å². The highest BCUT2D eigenvalue weighted by Gasteiger charge is 2.43. The number of fused-ring (bicyclic) bond motifs is 1. The van der Waals surface area contributed by atoms with Gasteiger partial charge in [0.25, 0.3) is 11.8 Å². The molecule has 0 radical (unpaired) electrons. The largest absolute Gasteiger partial charge is 0.282 e. The lowest BCUT2D eigenvalue weighted by Gasteiger charge is -2.28. The summed E-state index contributed by atoms with van der Waals surface area (Å²) in [6.45, 7) is 0. The average Bonchev–Trinajstić information content (AvgIpc) is 2.64. The van der Waals surface area contributed by atoms with Gasteiger partial charge >= 0.3 is 0 Å². The zero-order valence-corrected chi connectivity index (χ0v) is 11.5. The van der Waals surface area contributed by atoms with Gasteiger partial charge in [0.05, 0.1) is 0 Å². The van der Waals surface area contributed by atoms with E-state index in [1.54, 1.807) is 0 Å². The molecule has 100 valence electrons. The molecular weight excluding hydrogens is 289 g/mol. The summed E-state index contributed by atoms with van der Waals surface area (Å²) in [7, 11) is 0. The van der Waals surface area contributed by atoms with Gasteiger partial charge in [0.2, 0.25) is 0 Å². The molecule has 0 spiro atoms. The Hall–Kier alpha value is -1.20. The number of carbonyl (C=O) groups is 2. The number of carbonyl (C=O) groups excluding carboxylic acids is 2. The van der Waals surface area contributed by atoms with Gasteiger partial charge < -0.3 is 0 Å². The first-order valence-electron chi connectivity index (χ1n) is 6.20. The molecule has 2 aliphatic rings. The van der Waals surface area contributed by atoms with E-state index in [1.165, 1.54) is 4.90 Å². The standard InChI is InChI=1S/C12H11Cl2N3O2/c13-9-10(14)16-8-7(15-9)11(18)17(12(8)19)6-4-2-1-3-5-6/h6H,1-5H2. The van der Waals surface area contributed by atoms with Gasteiger partial charge in [-0.25, -0.2) is 9.97 Å². The van der Waals surface area contributed by atoms with Crippen molar-refractivity contribution in [2.24, 2.45) is 0 Å². The molecule has 0 aromatic carbocycles. The third-order valence-corrected chi connectivity index (χ3v) is 4.22. The second-order valence-corrected chi connectivity index (χ2v) is 5.49. The highest BCUT2D eigenvalue weighted by molar-refractivity contribution is 6.40. The minimum atomic E-state index is -0.405. The average molecular weight is 300 g/mol. The maximum absolute atomic E-state index is 12.3. The fourth-order valence-electron chi connectivity index (χ4n) is 2.68. The van der Waals surface area contributed by atoms with Crippen molar-refractivity contribution in [2.45, 2.75) is 38.1 Å². The Balaban J connectivity index is 1.99. The van der Waals surface area contributed by atoms with E-state index in [0.717, 1.165) is 32.1 Å². The molecule has 2 amide bonds. The Kier molecular flexibility index (Phi) is 3.19. The van der Waals surface area contributed by atoms with E-state index in [9.17, 15) is 9.59 Å². The van der Waals surface area contributed by atoms with Crippen LogP contribution in [0.1, 0.15) is 53.1 Å². The van der Waals surface area contributed by atoms with Crippen LogP contribution in [-0.4, -0.2) is 32.7 Å². The molecule has 5 nitrogen and oxygen atoms in total. The zero-order chi connectivity index (χ0) is 13.6. The number of hydrogen-bond donors (Lipinski definition) is 0. The van der Waals surface area contributed by atoms with Crippen molar-refractivity contribution in [2.75, 3.05) is 0 Å². The topological polar surface area (TPSA) is 63.2 Å². The fraction of sp³-hybridized carbons (Fsp3) is 0.500. The normalized spacial score (nSPS) is 20.0. The van der Waals surface area contributed by atoms with Crippen LogP contribution in [0.4, 0.5) is 0 Å². The van der Waals surface area contributed by atoms with Crippen molar-refractivity contribution < 1.29 is 9.59 Å². The fourth-order valence-corrected chi connectivity index (χ4v) is 2.94. The molecule has 0 unspecified atom stereocenters. The summed E-state index contributed by atoms with van der Waals surface area (Å²) in [5.41, 5.74) is 0.0370.